The maximum Gasteiger partial charge on any atom is 0.289 e. The van der Waals surface area contributed by atoms with Gasteiger partial charge in [0, 0.05) is 31.3 Å². The van der Waals surface area contributed by atoms with Gasteiger partial charge in [-0.05, 0) is 42.3 Å². The summed E-state index contributed by atoms with van der Waals surface area (Å²) in [6, 6.07) is 12.5. The highest BCUT2D eigenvalue weighted by Gasteiger charge is 2.29. The number of rotatable bonds is 6. The molecule has 0 aliphatic carbocycles. The van der Waals surface area contributed by atoms with E-state index in [2.05, 4.69) is 9.71 Å². The molecule has 0 aromatic heterocycles. The summed E-state index contributed by atoms with van der Waals surface area (Å²) in [5.41, 5.74) is 1.27. The van der Waals surface area contributed by atoms with Gasteiger partial charge in [0.05, 0.1) is 17.2 Å². The van der Waals surface area contributed by atoms with Crippen LogP contribution in [0.4, 0.5) is 10.5 Å². The SMILES string of the molecule is CN1CCC/C1=N\S(=O)(=O)c1cccc(NC(=O)c2cccc(CN3C(=O)CSC3=O)c2)c1. The molecule has 0 bridgehead atoms. The van der Waals surface area contributed by atoms with Crippen molar-refractivity contribution in [1.29, 1.82) is 0 Å². The third-order valence-corrected chi connectivity index (χ3v) is 7.48. The van der Waals surface area contributed by atoms with Crippen LogP contribution in [0.3, 0.4) is 0 Å². The lowest BCUT2D eigenvalue weighted by atomic mass is 10.1. The maximum absolute atomic E-state index is 12.8. The Hall–Kier alpha value is -3.18. The molecule has 0 radical (unpaired) electrons. The smallest absolute Gasteiger partial charge is 0.289 e. The van der Waals surface area contributed by atoms with E-state index in [1.807, 2.05) is 4.90 Å². The largest absolute Gasteiger partial charge is 0.362 e. The third kappa shape index (κ3) is 5.25. The molecule has 9 nitrogen and oxygen atoms in total. The van der Waals surface area contributed by atoms with Crippen LogP contribution >= 0.6 is 11.8 Å². The monoisotopic (exact) mass is 486 g/mol. The number of carbonyl (C=O) groups excluding carboxylic acids is 3. The number of imide groups is 1. The summed E-state index contributed by atoms with van der Waals surface area (Å²) >= 11 is 0.955. The van der Waals surface area contributed by atoms with Crippen LogP contribution < -0.4 is 5.32 Å². The summed E-state index contributed by atoms with van der Waals surface area (Å²) in [5, 5.41) is 2.39. The Morgan fingerprint density at radius 2 is 1.94 bits per heavy atom. The number of carbonyl (C=O) groups is 3. The molecule has 3 amide bonds. The van der Waals surface area contributed by atoms with Crippen molar-refractivity contribution in [1.82, 2.24) is 9.80 Å². The van der Waals surface area contributed by atoms with Crippen LogP contribution in [0.15, 0.2) is 57.8 Å². The molecule has 4 rings (SSSR count). The quantitative estimate of drug-likeness (QED) is 0.667. The number of likely N-dealkylation sites (tertiary alicyclic amines) is 1. The topological polar surface area (TPSA) is 116 Å². The third-order valence-electron chi connectivity index (χ3n) is 5.32. The molecule has 0 unspecified atom stereocenters. The van der Waals surface area contributed by atoms with Gasteiger partial charge in [0.2, 0.25) is 5.91 Å². The summed E-state index contributed by atoms with van der Waals surface area (Å²) in [6.07, 6.45) is 1.47. The van der Waals surface area contributed by atoms with Crippen molar-refractivity contribution in [3.05, 3.63) is 59.7 Å². The average molecular weight is 487 g/mol. The zero-order valence-electron chi connectivity index (χ0n) is 17.9. The van der Waals surface area contributed by atoms with Crippen LogP contribution in [0, 0.1) is 0 Å². The van der Waals surface area contributed by atoms with Gasteiger partial charge in [-0.3, -0.25) is 19.3 Å². The van der Waals surface area contributed by atoms with Crippen molar-refractivity contribution >= 4 is 50.4 Å². The Labute approximate surface area is 195 Å². The summed E-state index contributed by atoms with van der Waals surface area (Å²) in [6.45, 7) is 0.858. The summed E-state index contributed by atoms with van der Waals surface area (Å²) < 4.78 is 29.4. The first-order valence-electron chi connectivity index (χ1n) is 10.3. The average Bonchev–Trinajstić information content (AvgIpc) is 3.33. The van der Waals surface area contributed by atoms with Crippen molar-refractivity contribution in [3.8, 4) is 0 Å². The molecule has 2 aliphatic rings. The summed E-state index contributed by atoms with van der Waals surface area (Å²) in [4.78, 5) is 39.4. The number of anilines is 1. The standard InChI is InChI=1S/C22H22N4O5S2/c1-25-10-4-9-19(25)24-33(30,31)18-8-3-7-17(12-18)23-21(28)16-6-2-5-15(11-16)13-26-20(27)14-32-22(26)29/h2-3,5-8,11-12H,4,9-10,13-14H2,1H3,(H,23,28)/b24-19+. The van der Waals surface area contributed by atoms with E-state index < -0.39 is 15.9 Å². The van der Waals surface area contributed by atoms with Crippen LogP contribution in [0.1, 0.15) is 28.8 Å². The fraction of sp³-hybridized carbons (Fsp3) is 0.273. The van der Waals surface area contributed by atoms with Crippen molar-refractivity contribution < 1.29 is 22.8 Å². The molecule has 2 aliphatic heterocycles. The molecular formula is C22H22N4O5S2. The number of hydrogen-bond donors (Lipinski definition) is 1. The predicted molar refractivity (Wildman–Crippen MR) is 126 cm³/mol. The Balaban J connectivity index is 1.49. The Kier molecular flexibility index (Phi) is 6.52. The van der Waals surface area contributed by atoms with E-state index in [9.17, 15) is 22.8 Å². The van der Waals surface area contributed by atoms with Crippen LogP contribution in [0.5, 0.6) is 0 Å². The Morgan fingerprint density at radius 3 is 2.64 bits per heavy atom. The molecule has 0 spiro atoms. The Morgan fingerprint density at radius 1 is 1.15 bits per heavy atom. The first-order valence-corrected chi connectivity index (χ1v) is 12.7. The van der Waals surface area contributed by atoms with Gasteiger partial charge in [-0.2, -0.15) is 8.42 Å². The molecule has 1 N–H and O–H groups in total. The first kappa shape index (κ1) is 23.0. The fourth-order valence-corrected chi connectivity index (χ4v) is 5.43. The normalized spacial score (nSPS) is 17.8. The second-order valence-electron chi connectivity index (χ2n) is 7.72. The molecule has 2 aromatic rings. The molecule has 2 fully saturated rings. The van der Waals surface area contributed by atoms with Crippen LogP contribution in [-0.4, -0.2) is 60.5 Å². The highest BCUT2D eigenvalue weighted by Crippen LogP contribution is 2.23. The molecular weight excluding hydrogens is 464 g/mol. The number of amidine groups is 1. The van der Waals surface area contributed by atoms with E-state index in [4.69, 9.17) is 0 Å². The molecule has 0 atom stereocenters. The summed E-state index contributed by atoms with van der Waals surface area (Å²) in [5.74, 6) is -0.0540. The minimum atomic E-state index is -3.91. The van der Waals surface area contributed by atoms with Gasteiger partial charge in [0.1, 0.15) is 5.84 Å². The van der Waals surface area contributed by atoms with Gasteiger partial charge in [0.15, 0.2) is 0 Å². The second kappa shape index (κ2) is 9.36. The molecule has 11 heteroatoms. The number of hydrogen-bond acceptors (Lipinski definition) is 6. The van der Waals surface area contributed by atoms with Crippen molar-refractivity contribution in [2.24, 2.45) is 4.40 Å². The van der Waals surface area contributed by atoms with Crippen LogP contribution in [0.25, 0.3) is 0 Å². The molecule has 2 heterocycles. The van der Waals surface area contributed by atoms with E-state index >= 15 is 0 Å². The molecule has 2 aromatic carbocycles. The lowest BCUT2D eigenvalue weighted by Gasteiger charge is -2.13. The molecule has 172 valence electrons. The number of sulfonamides is 1. The van der Waals surface area contributed by atoms with E-state index in [0.29, 0.717) is 29.1 Å². The first-order chi connectivity index (χ1) is 15.7. The lowest BCUT2D eigenvalue weighted by Crippen LogP contribution is -2.28. The van der Waals surface area contributed by atoms with Crippen LogP contribution in [-0.2, 0) is 21.4 Å². The minimum Gasteiger partial charge on any atom is -0.362 e. The van der Waals surface area contributed by atoms with E-state index in [-0.39, 0.29) is 28.3 Å². The molecule has 0 saturated carbocycles. The maximum atomic E-state index is 12.8. The van der Waals surface area contributed by atoms with Gasteiger partial charge in [0.25, 0.3) is 21.2 Å². The van der Waals surface area contributed by atoms with Crippen molar-refractivity contribution in [2.45, 2.75) is 24.3 Å². The number of nitrogens with zero attached hydrogens (tertiary/aromatic N) is 3. The summed E-state index contributed by atoms with van der Waals surface area (Å²) in [7, 11) is -2.10. The van der Waals surface area contributed by atoms with Gasteiger partial charge in [-0.15, -0.1) is 4.40 Å². The number of amides is 3. The van der Waals surface area contributed by atoms with E-state index in [0.717, 1.165) is 29.6 Å². The lowest BCUT2D eigenvalue weighted by molar-refractivity contribution is -0.125. The van der Waals surface area contributed by atoms with E-state index in [1.165, 1.54) is 12.1 Å². The van der Waals surface area contributed by atoms with Gasteiger partial charge < -0.3 is 10.2 Å². The number of nitrogens with one attached hydrogen (secondary N) is 1. The van der Waals surface area contributed by atoms with Crippen molar-refractivity contribution in [3.63, 3.8) is 0 Å². The van der Waals surface area contributed by atoms with E-state index in [1.54, 1.807) is 43.4 Å². The zero-order valence-corrected chi connectivity index (χ0v) is 19.5. The van der Waals surface area contributed by atoms with Gasteiger partial charge >= 0.3 is 0 Å². The highest BCUT2D eigenvalue weighted by molar-refractivity contribution is 8.14. The Bertz CT molecular complexity index is 1240. The van der Waals surface area contributed by atoms with Crippen LogP contribution in [0.2, 0.25) is 0 Å². The zero-order chi connectivity index (χ0) is 23.6. The molecule has 33 heavy (non-hydrogen) atoms. The fourth-order valence-electron chi connectivity index (χ4n) is 3.57. The predicted octanol–water partition coefficient (Wildman–Crippen LogP) is 2.95. The molecule has 2 saturated heterocycles. The number of thioether (sulfide) groups is 1. The highest BCUT2D eigenvalue weighted by atomic mass is 32.2. The van der Waals surface area contributed by atoms with Gasteiger partial charge in [-0.25, -0.2) is 0 Å². The second-order valence-corrected chi connectivity index (χ2v) is 10.3. The number of benzene rings is 2. The van der Waals surface area contributed by atoms with Gasteiger partial charge in [-0.1, -0.05) is 30.0 Å². The minimum absolute atomic E-state index is 0.00888. The van der Waals surface area contributed by atoms with Crippen molar-refractivity contribution in [2.75, 3.05) is 24.7 Å².